The van der Waals surface area contributed by atoms with Crippen molar-refractivity contribution in [2.75, 3.05) is 4.90 Å². The van der Waals surface area contributed by atoms with Crippen LogP contribution in [-0.4, -0.2) is 0 Å². The molecule has 0 aliphatic rings. The molecule has 0 saturated carbocycles. The molecule has 68 heavy (non-hydrogen) atoms. The van der Waals surface area contributed by atoms with Gasteiger partial charge in [-0.3, -0.25) is 0 Å². The minimum Gasteiger partial charge on any atom is -0.310 e. The third-order valence-electron chi connectivity index (χ3n) is 13.6. The number of thiophene rings is 1. The summed E-state index contributed by atoms with van der Waals surface area (Å²) in [7, 11) is 0. The van der Waals surface area contributed by atoms with Gasteiger partial charge >= 0.3 is 0 Å². The topological polar surface area (TPSA) is 3.24 Å². The molecule has 0 spiro atoms. The van der Waals surface area contributed by atoms with Gasteiger partial charge in [0.1, 0.15) is 0 Å². The van der Waals surface area contributed by atoms with Gasteiger partial charge in [-0.25, -0.2) is 0 Å². The first-order valence-electron chi connectivity index (χ1n) is 23.3. The van der Waals surface area contributed by atoms with E-state index in [-0.39, 0.29) is 0 Å². The summed E-state index contributed by atoms with van der Waals surface area (Å²) in [5.41, 5.74) is 15.3. The number of hydrogen-bond donors (Lipinski definition) is 0. The van der Waals surface area contributed by atoms with Gasteiger partial charge < -0.3 is 4.90 Å². The lowest BCUT2D eigenvalue weighted by molar-refractivity contribution is 1.28. The zero-order chi connectivity index (χ0) is 45.0. The van der Waals surface area contributed by atoms with Crippen LogP contribution in [0.25, 0.3) is 108 Å². The second-order valence-corrected chi connectivity index (χ2v) is 18.6. The van der Waals surface area contributed by atoms with Gasteiger partial charge in [-0.15, -0.1) is 11.3 Å². The summed E-state index contributed by atoms with van der Waals surface area (Å²) >= 11 is 1.88. The van der Waals surface area contributed by atoms with Crippen LogP contribution >= 0.6 is 11.3 Å². The van der Waals surface area contributed by atoms with Crippen molar-refractivity contribution in [2.45, 2.75) is 0 Å². The van der Waals surface area contributed by atoms with Crippen LogP contribution in [0.4, 0.5) is 17.1 Å². The van der Waals surface area contributed by atoms with Gasteiger partial charge in [-0.1, -0.05) is 212 Å². The van der Waals surface area contributed by atoms with Crippen molar-refractivity contribution in [1.82, 2.24) is 0 Å². The largest absolute Gasteiger partial charge is 0.310 e. The molecule has 0 atom stereocenters. The van der Waals surface area contributed by atoms with Crippen molar-refractivity contribution >= 4 is 80.9 Å². The molecule has 0 unspecified atom stereocenters. The summed E-state index contributed by atoms with van der Waals surface area (Å²) in [6.07, 6.45) is 0. The normalized spacial score (nSPS) is 11.5. The maximum absolute atomic E-state index is 2.45. The number of para-hydroxylation sites is 1. The van der Waals surface area contributed by atoms with Crippen molar-refractivity contribution in [2.24, 2.45) is 0 Å². The predicted octanol–water partition coefficient (Wildman–Crippen LogP) is 19.3. The number of benzene rings is 12. The Bertz CT molecular complexity index is 4020. The van der Waals surface area contributed by atoms with E-state index in [1.165, 1.54) is 97.0 Å². The first-order valence-corrected chi connectivity index (χ1v) is 24.1. The van der Waals surface area contributed by atoms with E-state index in [4.69, 9.17) is 0 Å². The highest BCUT2D eigenvalue weighted by atomic mass is 32.1. The molecule has 1 heterocycles. The van der Waals surface area contributed by atoms with E-state index in [0.29, 0.717) is 0 Å². The van der Waals surface area contributed by atoms with E-state index < -0.39 is 0 Å². The predicted molar refractivity (Wildman–Crippen MR) is 294 cm³/mol. The minimum absolute atomic E-state index is 1.09. The number of fused-ring (bicyclic) bond motifs is 7. The summed E-state index contributed by atoms with van der Waals surface area (Å²) in [5.74, 6) is 0. The molecule has 13 rings (SSSR count). The van der Waals surface area contributed by atoms with E-state index >= 15 is 0 Å². The van der Waals surface area contributed by atoms with Gasteiger partial charge in [0.15, 0.2) is 0 Å². The Kier molecular flexibility index (Phi) is 9.77. The SMILES string of the molecule is c1ccc(-c2c(-c3ccccc3)c3cc(-c4ccccc4N(c4ccc(-c5ccc6ccccc6c5)cc4)c4cccc(-c5cccc6c5sc5ccccc56)c4)ccc3c3ccccc23)cc1. The first-order chi connectivity index (χ1) is 33.7. The van der Waals surface area contributed by atoms with Crippen LogP contribution < -0.4 is 4.90 Å². The maximum atomic E-state index is 2.45. The Morgan fingerprint density at radius 1 is 0.265 bits per heavy atom. The standard InChI is InChI=1S/C66H43NS/c1-3-18-46(19-4-1)64-59-28-10-9-26-56(59)57-40-37-51(43-61(57)65(64)47-20-5-2-6-21-47)54-25-11-13-31-62(54)67(52-38-35-45(36-39-52)49-34-33-44-17-7-8-22-48(44)41-49)53-24-15-23-50(42-53)55-29-16-30-60-58-27-12-14-32-63(58)68-66(55)60/h1-43H. The summed E-state index contributed by atoms with van der Waals surface area (Å²) in [4.78, 5) is 2.45. The molecule has 0 aliphatic heterocycles. The molecule has 0 saturated heterocycles. The zero-order valence-electron chi connectivity index (χ0n) is 37.2. The third-order valence-corrected chi connectivity index (χ3v) is 14.9. The molecule has 0 radical (unpaired) electrons. The summed E-state index contributed by atoms with van der Waals surface area (Å²) in [6.45, 7) is 0. The molecule has 2 heteroatoms. The van der Waals surface area contributed by atoms with Crippen molar-refractivity contribution < 1.29 is 0 Å². The molecular formula is C66H43NS. The highest BCUT2D eigenvalue weighted by Crippen LogP contribution is 2.48. The van der Waals surface area contributed by atoms with Crippen molar-refractivity contribution in [3.8, 4) is 55.6 Å². The van der Waals surface area contributed by atoms with Crippen molar-refractivity contribution in [1.29, 1.82) is 0 Å². The number of anilines is 3. The molecule has 0 N–H and O–H groups in total. The van der Waals surface area contributed by atoms with Gasteiger partial charge in [0.25, 0.3) is 0 Å². The Morgan fingerprint density at radius 3 is 1.63 bits per heavy atom. The van der Waals surface area contributed by atoms with Gasteiger partial charge in [-0.2, -0.15) is 0 Å². The van der Waals surface area contributed by atoms with Gasteiger partial charge in [0.05, 0.1) is 5.69 Å². The van der Waals surface area contributed by atoms with Crippen molar-refractivity contribution in [3.63, 3.8) is 0 Å². The Morgan fingerprint density at radius 2 is 0.824 bits per heavy atom. The average molecular weight is 882 g/mol. The van der Waals surface area contributed by atoms with Crippen LogP contribution in [0.1, 0.15) is 0 Å². The average Bonchev–Trinajstić information content (AvgIpc) is 3.80. The second-order valence-electron chi connectivity index (χ2n) is 17.6. The number of hydrogen-bond acceptors (Lipinski definition) is 2. The Labute approximate surface area is 400 Å². The van der Waals surface area contributed by atoms with Crippen LogP contribution in [0, 0.1) is 0 Å². The molecule has 1 aromatic heterocycles. The van der Waals surface area contributed by atoms with Crippen LogP contribution in [0.15, 0.2) is 261 Å². The van der Waals surface area contributed by atoms with Crippen LogP contribution in [0.3, 0.4) is 0 Å². The fourth-order valence-corrected chi connectivity index (χ4v) is 11.7. The molecule has 0 aliphatic carbocycles. The highest BCUT2D eigenvalue weighted by Gasteiger charge is 2.22. The van der Waals surface area contributed by atoms with E-state index in [2.05, 4.69) is 266 Å². The molecule has 12 aromatic carbocycles. The summed E-state index contributed by atoms with van der Waals surface area (Å²) in [6, 6.07) is 95.8. The van der Waals surface area contributed by atoms with Gasteiger partial charge in [-0.05, 0) is 131 Å². The number of rotatable bonds is 8. The quantitative estimate of drug-likeness (QED) is 0.137. The second kappa shape index (κ2) is 16.7. The third kappa shape index (κ3) is 6.85. The molecule has 0 bridgehead atoms. The smallest absolute Gasteiger partial charge is 0.0540 e. The first kappa shape index (κ1) is 39.8. The molecule has 13 aromatic rings. The minimum atomic E-state index is 1.09. The van der Waals surface area contributed by atoms with Crippen LogP contribution in [0.2, 0.25) is 0 Å². The molecule has 0 amide bonds. The summed E-state index contributed by atoms with van der Waals surface area (Å²) in [5, 5.41) is 10.1. The lowest BCUT2D eigenvalue weighted by Crippen LogP contribution is -2.11. The van der Waals surface area contributed by atoms with E-state index in [1.54, 1.807) is 0 Å². The monoisotopic (exact) mass is 881 g/mol. The van der Waals surface area contributed by atoms with Crippen LogP contribution in [-0.2, 0) is 0 Å². The molecule has 318 valence electrons. The van der Waals surface area contributed by atoms with E-state index in [1.807, 2.05) is 11.3 Å². The van der Waals surface area contributed by atoms with E-state index in [0.717, 1.165) is 28.2 Å². The fraction of sp³-hybridized carbons (Fsp3) is 0. The Balaban J connectivity index is 1.02. The fourth-order valence-electron chi connectivity index (χ4n) is 10.5. The van der Waals surface area contributed by atoms with Crippen molar-refractivity contribution in [3.05, 3.63) is 261 Å². The lowest BCUT2D eigenvalue weighted by Gasteiger charge is -2.29. The number of nitrogens with zero attached hydrogens (tertiary/aromatic N) is 1. The van der Waals surface area contributed by atoms with Gasteiger partial charge in [0, 0.05) is 37.1 Å². The maximum Gasteiger partial charge on any atom is 0.0540 e. The van der Waals surface area contributed by atoms with E-state index in [9.17, 15) is 0 Å². The molecule has 0 fully saturated rings. The molecule has 1 nitrogen and oxygen atoms in total. The van der Waals surface area contributed by atoms with Crippen LogP contribution in [0.5, 0.6) is 0 Å². The Hall–Kier alpha value is -8.56. The molecular weight excluding hydrogens is 839 g/mol. The highest BCUT2D eigenvalue weighted by molar-refractivity contribution is 7.26. The zero-order valence-corrected chi connectivity index (χ0v) is 38.0. The summed E-state index contributed by atoms with van der Waals surface area (Å²) < 4.78 is 2.62. The van der Waals surface area contributed by atoms with Gasteiger partial charge in [0.2, 0.25) is 0 Å². The lowest BCUT2D eigenvalue weighted by atomic mass is 9.84.